The third kappa shape index (κ3) is 4.06. The number of rotatable bonds is 5. The van der Waals surface area contributed by atoms with Crippen LogP contribution in [0.25, 0.3) is 17.4 Å². The van der Waals surface area contributed by atoms with E-state index in [1.54, 1.807) is 30.3 Å². The van der Waals surface area contributed by atoms with Crippen LogP contribution in [0.4, 0.5) is 0 Å². The fourth-order valence-corrected chi connectivity index (χ4v) is 3.29. The van der Waals surface area contributed by atoms with E-state index in [1.165, 1.54) is 26.2 Å². The van der Waals surface area contributed by atoms with Crippen molar-refractivity contribution in [2.75, 3.05) is 13.7 Å². The second-order valence-corrected chi connectivity index (χ2v) is 6.97. The third-order valence-electron chi connectivity index (χ3n) is 4.71. The van der Waals surface area contributed by atoms with Crippen molar-refractivity contribution in [2.45, 2.75) is 6.92 Å². The molecule has 0 fully saturated rings. The minimum Gasteiger partial charge on any atom is -0.465 e. The number of imide groups is 1. The second-order valence-electron chi connectivity index (χ2n) is 6.57. The third-order valence-corrected chi connectivity index (χ3v) is 5.04. The van der Waals surface area contributed by atoms with Gasteiger partial charge in [0.15, 0.2) is 0 Å². The van der Waals surface area contributed by atoms with Crippen molar-refractivity contribution in [1.82, 2.24) is 4.90 Å². The Morgan fingerprint density at radius 3 is 2.68 bits per heavy atom. The highest BCUT2D eigenvalue weighted by atomic mass is 35.5. The number of hydrogen-bond donors (Lipinski definition) is 0. The average molecular weight is 437 g/mol. The molecule has 7 nitrogen and oxygen atoms in total. The quantitative estimate of drug-likeness (QED) is 0.302. The molecular formula is C23H17ClN2O5. The van der Waals surface area contributed by atoms with Gasteiger partial charge in [-0.25, -0.2) is 4.79 Å². The van der Waals surface area contributed by atoms with Crippen molar-refractivity contribution in [3.63, 3.8) is 0 Å². The molecule has 1 aliphatic rings. The zero-order chi connectivity index (χ0) is 22.7. The lowest BCUT2D eigenvalue weighted by Gasteiger charge is -2.26. The number of furan rings is 1. The molecule has 156 valence electrons. The van der Waals surface area contributed by atoms with Crippen LogP contribution in [0.5, 0.6) is 0 Å². The standard InChI is InChI=1S/C23H17ClN2O5/c1-4-9-26-21(27)16(13(2)18(12-25)22(26)28)11-15-6-8-20(31-15)14-5-7-19(24)17(10-14)23(29)30-3/h4-8,10-11H,1,9H2,2-3H3/b16-11+. The van der Waals surface area contributed by atoms with E-state index in [4.69, 9.17) is 20.8 Å². The first kappa shape index (κ1) is 21.8. The van der Waals surface area contributed by atoms with Gasteiger partial charge in [0.05, 0.1) is 17.7 Å². The van der Waals surface area contributed by atoms with E-state index in [0.717, 1.165) is 4.90 Å². The van der Waals surface area contributed by atoms with Crippen molar-refractivity contribution in [2.24, 2.45) is 0 Å². The average Bonchev–Trinajstić information content (AvgIpc) is 3.23. The monoisotopic (exact) mass is 436 g/mol. The van der Waals surface area contributed by atoms with Crippen LogP contribution in [0.2, 0.25) is 5.02 Å². The maximum Gasteiger partial charge on any atom is 0.339 e. The Balaban J connectivity index is 2.03. The first-order valence-electron chi connectivity index (χ1n) is 9.10. The number of ether oxygens (including phenoxy) is 1. The molecule has 0 spiro atoms. The number of amides is 2. The van der Waals surface area contributed by atoms with Gasteiger partial charge in [0, 0.05) is 17.7 Å². The fourth-order valence-electron chi connectivity index (χ4n) is 3.10. The Bertz CT molecular complexity index is 1210. The smallest absolute Gasteiger partial charge is 0.339 e. The Morgan fingerprint density at radius 1 is 1.29 bits per heavy atom. The van der Waals surface area contributed by atoms with E-state index < -0.39 is 17.8 Å². The van der Waals surface area contributed by atoms with Crippen LogP contribution >= 0.6 is 11.6 Å². The highest BCUT2D eigenvalue weighted by molar-refractivity contribution is 6.33. The first-order chi connectivity index (χ1) is 14.8. The summed E-state index contributed by atoms with van der Waals surface area (Å²) in [5.74, 6) is -1.02. The van der Waals surface area contributed by atoms with E-state index >= 15 is 0 Å². The van der Waals surface area contributed by atoms with E-state index in [2.05, 4.69) is 6.58 Å². The maximum atomic E-state index is 12.8. The van der Waals surface area contributed by atoms with Crippen LogP contribution in [0.3, 0.4) is 0 Å². The number of carbonyl (C=O) groups is 3. The zero-order valence-electron chi connectivity index (χ0n) is 16.8. The summed E-state index contributed by atoms with van der Waals surface area (Å²) in [4.78, 5) is 38.0. The molecule has 0 N–H and O–H groups in total. The van der Waals surface area contributed by atoms with Gasteiger partial charge >= 0.3 is 5.97 Å². The number of hydrogen-bond acceptors (Lipinski definition) is 6. The molecule has 1 aromatic carbocycles. The topological polar surface area (TPSA) is 101 Å². The highest BCUT2D eigenvalue weighted by Crippen LogP contribution is 2.30. The molecule has 0 aliphatic carbocycles. The van der Waals surface area contributed by atoms with E-state index in [0.29, 0.717) is 17.1 Å². The molecule has 0 saturated carbocycles. The second kappa shape index (κ2) is 8.86. The van der Waals surface area contributed by atoms with Gasteiger partial charge in [-0.2, -0.15) is 5.26 Å². The van der Waals surface area contributed by atoms with Crippen LogP contribution in [0.1, 0.15) is 23.0 Å². The number of nitrogens with zero attached hydrogens (tertiary/aromatic N) is 2. The van der Waals surface area contributed by atoms with Crippen molar-refractivity contribution in [3.05, 3.63) is 76.1 Å². The summed E-state index contributed by atoms with van der Waals surface area (Å²) in [5.41, 5.74) is 1.11. The summed E-state index contributed by atoms with van der Waals surface area (Å²) >= 11 is 6.05. The van der Waals surface area contributed by atoms with Crippen molar-refractivity contribution in [1.29, 1.82) is 5.26 Å². The molecular weight excluding hydrogens is 420 g/mol. The summed E-state index contributed by atoms with van der Waals surface area (Å²) in [6, 6.07) is 9.94. The van der Waals surface area contributed by atoms with Gasteiger partial charge in [0.25, 0.3) is 11.8 Å². The van der Waals surface area contributed by atoms with Crippen LogP contribution in [0, 0.1) is 11.3 Å². The van der Waals surface area contributed by atoms with Crippen LogP contribution in [-0.4, -0.2) is 36.3 Å². The van der Waals surface area contributed by atoms with Gasteiger partial charge in [-0.1, -0.05) is 17.7 Å². The molecule has 2 amide bonds. The number of nitriles is 1. The maximum absolute atomic E-state index is 12.8. The molecule has 0 unspecified atom stereocenters. The molecule has 0 radical (unpaired) electrons. The molecule has 0 bridgehead atoms. The predicted octanol–water partition coefficient (Wildman–Crippen LogP) is 4.16. The lowest BCUT2D eigenvalue weighted by molar-refractivity contribution is -0.139. The lowest BCUT2D eigenvalue weighted by atomic mass is 9.94. The Morgan fingerprint density at radius 2 is 2.03 bits per heavy atom. The summed E-state index contributed by atoms with van der Waals surface area (Å²) in [6.45, 7) is 5.07. The number of methoxy groups -OCH3 is 1. The SMILES string of the molecule is C=CCN1C(=O)C(C#N)=C(C)/C(=C\c2ccc(-c3ccc(Cl)c(C(=O)OC)c3)o2)C1=O. The molecule has 0 atom stereocenters. The van der Waals surface area contributed by atoms with Gasteiger partial charge < -0.3 is 9.15 Å². The molecule has 1 aromatic heterocycles. The van der Waals surface area contributed by atoms with E-state index in [1.807, 2.05) is 6.07 Å². The number of esters is 1. The van der Waals surface area contributed by atoms with Gasteiger partial charge in [0.1, 0.15) is 23.2 Å². The summed E-state index contributed by atoms with van der Waals surface area (Å²) in [5, 5.41) is 9.61. The highest BCUT2D eigenvalue weighted by Gasteiger charge is 2.34. The minimum atomic E-state index is -0.654. The van der Waals surface area contributed by atoms with Gasteiger partial charge in [-0.3, -0.25) is 14.5 Å². The van der Waals surface area contributed by atoms with Crippen molar-refractivity contribution in [3.8, 4) is 17.4 Å². The fraction of sp³-hybridized carbons (Fsp3) is 0.130. The number of benzene rings is 1. The zero-order valence-corrected chi connectivity index (χ0v) is 17.5. The largest absolute Gasteiger partial charge is 0.465 e. The van der Waals surface area contributed by atoms with Crippen molar-refractivity contribution < 1.29 is 23.5 Å². The Kier molecular flexibility index (Phi) is 6.23. The summed E-state index contributed by atoms with van der Waals surface area (Å²) in [6.07, 6.45) is 2.88. The van der Waals surface area contributed by atoms with Crippen LogP contribution in [-0.2, 0) is 14.3 Å². The Labute approximate surface area is 183 Å². The summed E-state index contributed by atoms with van der Waals surface area (Å²) < 4.78 is 10.5. The van der Waals surface area contributed by atoms with Crippen molar-refractivity contribution >= 4 is 35.5 Å². The van der Waals surface area contributed by atoms with Gasteiger partial charge in [0.2, 0.25) is 0 Å². The number of carbonyl (C=O) groups excluding carboxylic acids is 3. The van der Waals surface area contributed by atoms with E-state index in [9.17, 15) is 19.6 Å². The molecule has 0 saturated heterocycles. The normalized spacial score (nSPS) is 15.3. The first-order valence-corrected chi connectivity index (χ1v) is 9.48. The molecule has 31 heavy (non-hydrogen) atoms. The number of halogens is 1. The van der Waals surface area contributed by atoms with Crippen LogP contribution in [0.15, 0.2) is 64.1 Å². The van der Waals surface area contributed by atoms with Gasteiger partial charge in [-0.15, -0.1) is 6.58 Å². The molecule has 2 aromatic rings. The lowest BCUT2D eigenvalue weighted by Crippen LogP contribution is -2.42. The molecule has 2 heterocycles. The molecule has 1 aliphatic heterocycles. The Hall–Kier alpha value is -3.89. The molecule has 8 heteroatoms. The molecule has 3 rings (SSSR count). The minimum absolute atomic E-state index is 0.0159. The summed E-state index contributed by atoms with van der Waals surface area (Å²) in [7, 11) is 1.26. The van der Waals surface area contributed by atoms with Crippen LogP contribution < -0.4 is 0 Å². The predicted molar refractivity (Wildman–Crippen MR) is 114 cm³/mol. The van der Waals surface area contributed by atoms with Gasteiger partial charge in [-0.05, 0) is 48.9 Å². The van der Waals surface area contributed by atoms with E-state index in [-0.39, 0.29) is 33.9 Å².